The standard InChI is InChI=1S/C14H18N2O3/c1-14(2)5-7-15(8-6-14)12-3-4-13(16(18)19)11(9-12)10-17/h3-4,9-10H,5-8H2,1-2H3. The Kier molecular flexibility index (Phi) is 3.55. The molecule has 0 spiro atoms. The summed E-state index contributed by atoms with van der Waals surface area (Å²) in [7, 11) is 0. The number of anilines is 1. The molecule has 1 aromatic rings. The zero-order valence-corrected chi connectivity index (χ0v) is 11.3. The van der Waals surface area contributed by atoms with Gasteiger partial charge in [0.15, 0.2) is 6.29 Å². The molecule has 0 aromatic heterocycles. The van der Waals surface area contributed by atoms with Gasteiger partial charge in [-0.25, -0.2) is 0 Å². The van der Waals surface area contributed by atoms with E-state index in [0.29, 0.717) is 11.7 Å². The van der Waals surface area contributed by atoms with Crippen molar-refractivity contribution in [2.75, 3.05) is 18.0 Å². The molecule has 1 aromatic carbocycles. The van der Waals surface area contributed by atoms with Crippen molar-refractivity contribution in [2.24, 2.45) is 5.41 Å². The van der Waals surface area contributed by atoms with Gasteiger partial charge in [0.25, 0.3) is 5.69 Å². The predicted octanol–water partition coefficient (Wildman–Crippen LogP) is 3.03. The zero-order valence-electron chi connectivity index (χ0n) is 11.3. The van der Waals surface area contributed by atoms with Gasteiger partial charge in [0.05, 0.1) is 10.5 Å². The van der Waals surface area contributed by atoms with E-state index in [1.54, 1.807) is 12.1 Å². The Bertz CT molecular complexity index is 501. The maximum absolute atomic E-state index is 10.9. The molecule has 1 aliphatic heterocycles. The molecular weight excluding hydrogens is 244 g/mol. The number of hydrogen-bond donors (Lipinski definition) is 0. The van der Waals surface area contributed by atoms with E-state index in [9.17, 15) is 14.9 Å². The summed E-state index contributed by atoms with van der Waals surface area (Å²) in [6.07, 6.45) is 2.72. The van der Waals surface area contributed by atoms with Crippen LogP contribution in [0.2, 0.25) is 0 Å². The van der Waals surface area contributed by atoms with Crippen LogP contribution in [0.5, 0.6) is 0 Å². The number of nitro benzene ring substituents is 1. The summed E-state index contributed by atoms with van der Waals surface area (Å²) in [6, 6.07) is 4.76. The average molecular weight is 262 g/mol. The number of nitro groups is 1. The first kappa shape index (κ1) is 13.5. The van der Waals surface area contributed by atoms with E-state index in [0.717, 1.165) is 31.6 Å². The Morgan fingerprint density at radius 3 is 2.47 bits per heavy atom. The molecule has 1 fully saturated rings. The minimum absolute atomic E-state index is 0.129. The highest BCUT2D eigenvalue weighted by molar-refractivity contribution is 5.83. The van der Waals surface area contributed by atoms with Gasteiger partial charge in [0, 0.05) is 24.8 Å². The fourth-order valence-electron chi connectivity index (χ4n) is 2.37. The topological polar surface area (TPSA) is 63.4 Å². The highest BCUT2D eigenvalue weighted by Crippen LogP contribution is 2.33. The van der Waals surface area contributed by atoms with E-state index in [1.807, 2.05) is 0 Å². The largest absolute Gasteiger partial charge is 0.371 e. The number of piperidine rings is 1. The number of rotatable bonds is 3. The van der Waals surface area contributed by atoms with Gasteiger partial charge in [-0.1, -0.05) is 13.8 Å². The van der Waals surface area contributed by atoms with Crippen molar-refractivity contribution in [3.8, 4) is 0 Å². The Balaban J connectivity index is 2.22. The van der Waals surface area contributed by atoms with Crippen molar-refractivity contribution in [3.05, 3.63) is 33.9 Å². The summed E-state index contributed by atoms with van der Waals surface area (Å²) in [6.45, 7) is 6.33. The number of carbonyl (C=O) groups is 1. The second-order valence-corrected chi connectivity index (χ2v) is 5.77. The van der Waals surface area contributed by atoms with E-state index in [-0.39, 0.29) is 11.3 Å². The lowest BCUT2D eigenvalue weighted by Crippen LogP contribution is -2.37. The van der Waals surface area contributed by atoms with E-state index < -0.39 is 4.92 Å². The Hall–Kier alpha value is -1.91. The summed E-state index contributed by atoms with van der Waals surface area (Å²) in [5.41, 5.74) is 1.26. The average Bonchev–Trinajstić information content (AvgIpc) is 2.37. The Labute approximate surface area is 112 Å². The van der Waals surface area contributed by atoms with Gasteiger partial charge < -0.3 is 4.90 Å². The molecule has 2 rings (SSSR count). The SMILES string of the molecule is CC1(C)CCN(c2ccc([N+](=O)[O-])c(C=O)c2)CC1. The Morgan fingerprint density at radius 2 is 1.95 bits per heavy atom. The van der Waals surface area contributed by atoms with E-state index >= 15 is 0 Å². The van der Waals surface area contributed by atoms with Crippen molar-refractivity contribution < 1.29 is 9.72 Å². The molecule has 1 heterocycles. The van der Waals surface area contributed by atoms with Crippen molar-refractivity contribution >= 4 is 17.7 Å². The minimum atomic E-state index is -0.521. The minimum Gasteiger partial charge on any atom is -0.371 e. The quantitative estimate of drug-likeness (QED) is 0.477. The number of aldehydes is 1. The highest BCUT2D eigenvalue weighted by atomic mass is 16.6. The van der Waals surface area contributed by atoms with Gasteiger partial charge in [-0.05, 0) is 30.4 Å². The molecule has 1 aliphatic rings. The van der Waals surface area contributed by atoms with Crippen LogP contribution in [0.25, 0.3) is 0 Å². The highest BCUT2D eigenvalue weighted by Gasteiger charge is 2.26. The molecule has 0 bridgehead atoms. The van der Waals surface area contributed by atoms with Crippen molar-refractivity contribution in [1.29, 1.82) is 0 Å². The molecule has 5 heteroatoms. The molecule has 0 atom stereocenters. The summed E-state index contributed by atoms with van der Waals surface area (Å²) in [4.78, 5) is 23.4. The lowest BCUT2D eigenvalue weighted by molar-refractivity contribution is -0.385. The number of carbonyl (C=O) groups excluding carboxylic acids is 1. The summed E-state index contributed by atoms with van der Waals surface area (Å²) < 4.78 is 0. The molecule has 5 nitrogen and oxygen atoms in total. The summed E-state index contributed by atoms with van der Waals surface area (Å²) >= 11 is 0. The molecule has 0 unspecified atom stereocenters. The normalized spacial score (nSPS) is 18.1. The van der Waals surface area contributed by atoms with Crippen molar-refractivity contribution in [3.63, 3.8) is 0 Å². The van der Waals surface area contributed by atoms with Crippen LogP contribution >= 0.6 is 0 Å². The van der Waals surface area contributed by atoms with Gasteiger partial charge in [0.1, 0.15) is 0 Å². The first-order valence-electron chi connectivity index (χ1n) is 6.41. The zero-order chi connectivity index (χ0) is 14.0. The smallest absolute Gasteiger partial charge is 0.280 e. The first-order chi connectivity index (χ1) is 8.93. The number of hydrogen-bond acceptors (Lipinski definition) is 4. The molecular formula is C14H18N2O3. The summed E-state index contributed by atoms with van der Waals surface area (Å²) in [5.74, 6) is 0. The molecule has 0 aliphatic carbocycles. The Morgan fingerprint density at radius 1 is 1.32 bits per heavy atom. The van der Waals surface area contributed by atoms with E-state index in [1.165, 1.54) is 6.07 Å². The van der Waals surface area contributed by atoms with Crippen LogP contribution in [-0.4, -0.2) is 24.3 Å². The van der Waals surface area contributed by atoms with E-state index in [2.05, 4.69) is 18.7 Å². The number of nitrogens with zero attached hydrogens (tertiary/aromatic N) is 2. The molecule has 0 saturated carbocycles. The number of benzene rings is 1. The maximum Gasteiger partial charge on any atom is 0.280 e. The van der Waals surface area contributed by atoms with Crippen molar-refractivity contribution in [1.82, 2.24) is 0 Å². The monoisotopic (exact) mass is 262 g/mol. The van der Waals surface area contributed by atoms with Crippen LogP contribution in [0.4, 0.5) is 11.4 Å². The molecule has 102 valence electrons. The first-order valence-corrected chi connectivity index (χ1v) is 6.41. The van der Waals surface area contributed by atoms with Gasteiger partial charge in [-0.2, -0.15) is 0 Å². The van der Waals surface area contributed by atoms with Crippen molar-refractivity contribution in [2.45, 2.75) is 26.7 Å². The van der Waals surface area contributed by atoms with Crippen LogP contribution in [0, 0.1) is 15.5 Å². The van der Waals surface area contributed by atoms with Crippen LogP contribution in [-0.2, 0) is 0 Å². The van der Waals surface area contributed by atoms with Gasteiger partial charge >= 0.3 is 0 Å². The molecule has 1 saturated heterocycles. The molecule has 0 N–H and O–H groups in total. The lowest BCUT2D eigenvalue weighted by atomic mass is 9.82. The molecule has 0 amide bonds. The fraction of sp³-hybridized carbons (Fsp3) is 0.500. The third kappa shape index (κ3) is 2.92. The molecule has 0 radical (unpaired) electrons. The summed E-state index contributed by atoms with van der Waals surface area (Å²) in [5, 5.41) is 10.8. The third-order valence-electron chi connectivity index (χ3n) is 3.82. The van der Waals surface area contributed by atoms with Crippen LogP contribution < -0.4 is 4.90 Å². The third-order valence-corrected chi connectivity index (χ3v) is 3.82. The fourth-order valence-corrected chi connectivity index (χ4v) is 2.37. The van der Waals surface area contributed by atoms with Gasteiger partial charge in [-0.3, -0.25) is 14.9 Å². The van der Waals surface area contributed by atoms with Gasteiger partial charge in [0.2, 0.25) is 0 Å². The second kappa shape index (κ2) is 4.99. The second-order valence-electron chi connectivity index (χ2n) is 5.77. The predicted molar refractivity (Wildman–Crippen MR) is 73.7 cm³/mol. The van der Waals surface area contributed by atoms with Crippen LogP contribution in [0.1, 0.15) is 37.0 Å². The lowest BCUT2D eigenvalue weighted by Gasteiger charge is -2.38. The van der Waals surface area contributed by atoms with E-state index in [4.69, 9.17) is 0 Å². The molecule has 19 heavy (non-hydrogen) atoms. The van der Waals surface area contributed by atoms with Gasteiger partial charge in [-0.15, -0.1) is 0 Å². The van der Waals surface area contributed by atoms with Crippen LogP contribution in [0.15, 0.2) is 18.2 Å². The maximum atomic E-state index is 10.9. The van der Waals surface area contributed by atoms with Crippen LogP contribution in [0.3, 0.4) is 0 Å².